The fourth-order valence-electron chi connectivity index (χ4n) is 2.22. The minimum atomic E-state index is 1.08. The van der Waals surface area contributed by atoms with Crippen LogP contribution in [0.15, 0.2) is 22.7 Å². The molecule has 1 fully saturated rings. The topological polar surface area (TPSA) is 18.5 Å². The Morgan fingerprint density at radius 3 is 2.72 bits per heavy atom. The fourth-order valence-corrected chi connectivity index (χ4v) is 2.47. The minimum absolute atomic E-state index is 1.08. The number of piperazine rings is 1. The molecule has 4 heteroatoms. The van der Waals surface area contributed by atoms with Gasteiger partial charge in [-0.05, 0) is 30.7 Å². The van der Waals surface area contributed by atoms with E-state index >= 15 is 0 Å². The fraction of sp³-hybridized carbons (Fsp3) is 0.571. The van der Waals surface area contributed by atoms with Crippen LogP contribution in [0.5, 0.6) is 0 Å². The van der Waals surface area contributed by atoms with E-state index < -0.39 is 0 Å². The van der Waals surface area contributed by atoms with Crippen LogP contribution >= 0.6 is 15.9 Å². The van der Waals surface area contributed by atoms with Gasteiger partial charge in [0.1, 0.15) is 0 Å². The molecule has 1 aromatic rings. The summed E-state index contributed by atoms with van der Waals surface area (Å²) in [5.41, 5.74) is 2.59. The standard InChI is InChI=1S/C14H22BrN3/c1-12-11-13(3-4-14(12)15)17(2)9-10-18-7-5-16-6-8-18/h3-4,11,16H,5-10H2,1-2H3. The molecule has 1 aliphatic rings. The molecule has 1 N–H and O–H groups in total. The Labute approximate surface area is 118 Å². The van der Waals surface area contributed by atoms with Gasteiger partial charge in [-0.2, -0.15) is 0 Å². The molecule has 0 spiro atoms. The lowest BCUT2D eigenvalue weighted by Crippen LogP contribution is -2.46. The molecule has 0 bridgehead atoms. The van der Waals surface area contributed by atoms with Crippen LogP contribution < -0.4 is 10.2 Å². The third kappa shape index (κ3) is 3.70. The molecule has 1 saturated heterocycles. The summed E-state index contributed by atoms with van der Waals surface area (Å²) in [4.78, 5) is 4.86. The second-order valence-corrected chi connectivity index (χ2v) is 5.80. The van der Waals surface area contributed by atoms with Crippen LogP contribution in [0.3, 0.4) is 0 Å². The first kappa shape index (κ1) is 13.8. The van der Waals surface area contributed by atoms with Crippen LogP contribution in [-0.2, 0) is 0 Å². The smallest absolute Gasteiger partial charge is 0.0367 e. The number of aryl methyl sites for hydroxylation is 1. The molecule has 100 valence electrons. The van der Waals surface area contributed by atoms with Crippen molar-refractivity contribution in [1.29, 1.82) is 0 Å². The third-order valence-electron chi connectivity index (χ3n) is 3.54. The first-order valence-corrected chi connectivity index (χ1v) is 7.36. The molecular formula is C14H22BrN3. The highest BCUT2D eigenvalue weighted by Crippen LogP contribution is 2.22. The zero-order valence-electron chi connectivity index (χ0n) is 11.2. The molecule has 0 saturated carbocycles. The molecule has 18 heavy (non-hydrogen) atoms. The van der Waals surface area contributed by atoms with Crippen molar-refractivity contribution in [2.45, 2.75) is 6.92 Å². The quantitative estimate of drug-likeness (QED) is 0.918. The molecule has 3 nitrogen and oxygen atoms in total. The van der Waals surface area contributed by atoms with Gasteiger partial charge < -0.3 is 10.2 Å². The maximum atomic E-state index is 3.55. The predicted molar refractivity (Wildman–Crippen MR) is 81.5 cm³/mol. The minimum Gasteiger partial charge on any atom is -0.373 e. The van der Waals surface area contributed by atoms with E-state index in [1.807, 2.05) is 0 Å². The van der Waals surface area contributed by atoms with Gasteiger partial charge in [0.05, 0.1) is 0 Å². The zero-order valence-corrected chi connectivity index (χ0v) is 12.8. The average molecular weight is 312 g/mol. The van der Waals surface area contributed by atoms with Crippen molar-refractivity contribution in [3.05, 3.63) is 28.2 Å². The molecule has 0 unspecified atom stereocenters. The second kappa shape index (κ2) is 6.55. The lowest BCUT2D eigenvalue weighted by Gasteiger charge is -2.29. The number of halogens is 1. The predicted octanol–water partition coefficient (Wildman–Crippen LogP) is 2.10. The monoisotopic (exact) mass is 311 g/mol. The van der Waals surface area contributed by atoms with Gasteiger partial charge in [0.2, 0.25) is 0 Å². The molecular weight excluding hydrogens is 290 g/mol. The number of nitrogens with zero attached hydrogens (tertiary/aromatic N) is 2. The molecule has 0 aromatic heterocycles. The summed E-state index contributed by atoms with van der Waals surface area (Å²) in [5, 5.41) is 3.39. The summed E-state index contributed by atoms with van der Waals surface area (Å²) in [7, 11) is 2.17. The Kier molecular flexibility index (Phi) is 5.03. The van der Waals surface area contributed by atoms with Crippen molar-refractivity contribution >= 4 is 21.6 Å². The zero-order chi connectivity index (χ0) is 13.0. The Hall–Kier alpha value is -0.580. The van der Waals surface area contributed by atoms with Gasteiger partial charge >= 0.3 is 0 Å². The molecule has 0 amide bonds. The molecule has 2 rings (SSSR count). The first-order chi connectivity index (χ1) is 8.66. The van der Waals surface area contributed by atoms with Gasteiger partial charge in [0.15, 0.2) is 0 Å². The molecule has 0 atom stereocenters. The van der Waals surface area contributed by atoms with Crippen molar-refractivity contribution in [3.8, 4) is 0 Å². The van der Waals surface area contributed by atoms with Gasteiger partial charge in [-0.15, -0.1) is 0 Å². The molecule has 1 aliphatic heterocycles. The van der Waals surface area contributed by atoms with Crippen LogP contribution in [0.25, 0.3) is 0 Å². The van der Waals surface area contributed by atoms with Gasteiger partial charge in [-0.25, -0.2) is 0 Å². The normalized spacial score (nSPS) is 16.8. The summed E-state index contributed by atoms with van der Waals surface area (Å²) in [5.74, 6) is 0. The van der Waals surface area contributed by atoms with E-state index in [9.17, 15) is 0 Å². The number of anilines is 1. The number of likely N-dealkylation sites (N-methyl/N-ethyl adjacent to an activating group) is 1. The van der Waals surface area contributed by atoms with E-state index in [2.05, 4.69) is 63.2 Å². The SMILES string of the molecule is Cc1cc(N(C)CCN2CCNCC2)ccc1Br. The Morgan fingerprint density at radius 1 is 1.33 bits per heavy atom. The van der Waals surface area contributed by atoms with Crippen molar-refractivity contribution in [2.75, 3.05) is 51.2 Å². The summed E-state index contributed by atoms with van der Waals surface area (Å²) in [6.07, 6.45) is 0. The van der Waals surface area contributed by atoms with E-state index in [0.29, 0.717) is 0 Å². The van der Waals surface area contributed by atoms with Crippen LogP contribution in [0, 0.1) is 6.92 Å². The summed E-state index contributed by atoms with van der Waals surface area (Å²) in [6, 6.07) is 6.54. The van der Waals surface area contributed by atoms with Crippen molar-refractivity contribution in [2.24, 2.45) is 0 Å². The second-order valence-electron chi connectivity index (χ2n) is 4.95. The molecule has 1 heterocycles. The number of hydrogen-bond acceptors (Lipinski definition) is 3. The number of benzene rings is 1. The highest BCUT2D eigenvalue weighted by atomic mass is 79.9. The summed E-state index contributed by atoms with van der Waals surface area (Å²) >= 11 is 3.55. The lowest BCUT2D eigenvalue weighted by molar-refractivity contribution is 0.246. The lowest BCUT2D eigenvalue weighted by atomic mass is 10.2. The van der Waals surface area contributed by atoms with E-state index in [-0.39, 0.29) is 0 Å². The Balaban J connectivity index is 1.86. The van der Waals surface area contributed by atoms with E-state index in [1.54, 1.807) is 0 Å². The largest absolute Gasteiger partial charge is 0.373 e. The number of rotatable bonds is 4. The van der Waals surface area contributed by atoms with Crippen molar-refractivity contribution in [3.63, 3.8) is 0 Å². The summed E-state index contributed by atoms with van der Waals surface area (Å²) in [6.45, 7) is 8.97. The molecule has 0 aliphatic carbocycles. The highest BCUT2D eigenvalue weighted by Gasteiger charge is 2.10. The Morgan fingerprint density at radius 2 is 2.06 bits per heavy atom. The van der Waals surface area contributed by atoms with Crippen LogP contribution in [0.4, 0.5) is 5.69 Å². The van der Waals surface area contributed by atoms with Crippen LogP contribution in [0.1, 0.15) is 5.56 Å². The highest BCUT2D eigenvalue weighted by molar-refractivity contribution is 9.10. The van der Waals surface area contributed by atoms with Gasteiger partial charge in [-0.3, -0.25) is 4.90 Å². The molecule has 1 aromatic carbocycles. The van der Waals surface area contributed by atoms with Crippen molar-refractivity contribution in [1.82, 2.24) is 10.2 Å². The van der Waals surface area contributed by atoms with E-state index in [1.165, 1.54) is 28.8 Å². The van der Waals surface area contributed by atoms with Gasteiger partial charge in [-0.1, -0.05) is 15.9 Å². The molecule has 0 radical (unpaired) electrons. The van der Waals surface area contributed by atoms with Gasteiger partial charge in [0, 0.05) is 56.5 Å². The van der Waals surface area contributed by atoms with Gasteiger partial charge in [0.25, 0.3) is 0 Å². The van der Waals surface area contributed by atoms with E-state index in [0.717, 1.165) is 26.2 Å². The average Bonchev–Trinajstić information content (AvgIpc) is 2.40. The maximum absolute atomic E-state index is 3.55. The Bertz CT molecular complexity index is 389. The third-order valence-corrected chi connectivity index (χ3v) is 4.43. The maximum Gasteiger partial charge on any atom is 0.0367 e. The van der Waals surface area contributed by atoms with Crippen molar-refractivity contribution < 1.29 is 0 Å². The van der Waals surface area contributed by atoms with E-state index in [4.69, 9.17) is 0 Å². The number of nitrogens with one attached hydrogen (secondary N) is 1. The first-order valence-electron chi connectivity index (χ1n) is 6.57. The van der Waals surface area contributed by atoms with Crippen LogP contribution in [-0.4, -0.2) is 51.2 Å². The number of hydrogen-bond donors (Lipinski definition) is 1. The summed E-state index contributed by atoms with van der Waals surface area (Å²) < 4.78 is 1.18. The van der Waals surface area contributed by atoms with Crippen LogP contribution in [0.2, 0.25) is 0 Å².